The number of carbonyl (C=O) groups is 3. The van der Waals surface area contributed by atoms with E-state index >= 15 is 0 Å². The van der Waals surface area contributed by atoms with Crippen molar-refractivity contribution in [1.29, 1.82) is 0 Å². The standard InChI is InChI=1S/C26H41N3O4/c1-8-9-10-14-27-24(31)23(20-13-11-12-17(2)19(20)4)29(21-15-18(21)3)22(30)16-28-25(32)33-26(5,6)7/h11-13,18,21,23H,8-10,14-16H2,1-7H3,(H,27,31)(H,28,32). The highest BCUT2D eigenvalue weighted by molar-refractivity contribution is 5.91. The monoisotopic (exact) mass is 459 g/mol. The van der Waals surface area contributed by atoms with E-state index in [1.807, 2.05) is 32.0 Å². The largest absolute Gasteiger partial charge is 0.444 e. The van der Waals surface area contributed by atoms with E-state index in [1.54, 1.807) is 25.7 Å². The van der Waals surface area contributed by atoms with Gasteiger partial charge in [0, 0.05) is 12.6 Å². The van der Waals surface area contributed by atoms with Crippen LogP contribution in [-0.4, -0.2) is 47.5 Å². The molecule has 0 saturated heterocycles. The van der Waals surface area contributed by atoms with Crippen LogP contribution in [0.25, 0.3) is 0 Å². The molecule has 0 bridgehead atoms. The minimum absolute atomic E-state index is 0.0377. The Morgan fingerprint density at radius 3 is 2.39 bits per heavy atom. The molecule has 2 N–H and O–H groups in total. The second-order valence-corrected chi connectivity index (χ2v) is 10.1. The number of nitrogens with one attached hydrogen (secondary N) is 2. The van der Waals surface area contributed by atoms with Gasteiger partial charge in [0.1, 0.15) is 18.2 Å². The quantitative estimate of drug-likeness (QED) is 0.507. The Kier molecular flexibility index (Phi) is 9.32. The third-order valence-electron chi connectivity index (χ3n) is 6.04. The van der Waals surface area contributed by atoms with Crippen molar-refractivity contribution < 1.29 is 19.1 Å². The van der Waals surface area contributed by atoms with Crippen LogP contribution in [0.3, 0.4) is 0 Å². The van der Waals surface area contributed by atoms with Gasteiger partial charge in [0.25, 0.3) is 0 Å². The van der Waals surface area contributed by atoms with Crippen molar-refractivity contribution in [2.75, 3.05) is 13.1 Å². The highest BCUT2D eigenvalue weighted by Crippen LogP contribution is 2.41. The van der Waals surface area contributed by atoms with Gasteiger partial charge in [-0.3, -0.25) is 9.59 Å². The number of hydrogen-bond donors (Lipinski definition) is 2. The van der Waals surface area contributed by atoms with Gasteiger partial charge < -0.3 is 20.3 Å². The summed E-state index contributed by atoms with van der Waals surface area (Å²) in [7, 11) is 0. The minimum Gasteiger partial charge on any atom is -0.444 e. The van der Waals surface area contributed by atoms with Crippen molar-refractivity contribution in [2.45, 2.75) is 91.8 Å². The Labute approximate surface area is 198 Å². The lowest BCUT2D eigenvalue weighted by Crippen LogP contribution is -2.49. The number of ether oxygens (including phenoxy) is 1. The maximum absolute atomic E-state index is 13.5. The number of carbonyl (C=O) groups excluding carboxylic acids is 3. The Balaban J connectivity index is 2.30. The highest BCUT2D eigenvalue weighted by atomic mass is 16.6. The first-order valence-electron chi connectivity index (χ1n) is 12.1. The molecule has 1 aliphatic carbocycles. The summed E-state index contributed by atoms with van der Waals surface area (Å²) in [6.45, 7) is 13.9. The fraction of sp³-hybridized carbons (Fsp3) is 0.654. The zero-order valence-electron chi connectivity index (χ0n) is 21.3. The second-order valence-electron chi connectivity index (χ2n) is 10.1. The van der Waals surface area contributed by atoms with Gasteiger partial charge in [0.05, 0.1) is 0 Å². The van der Waals surface area contributed by atoms with Crippen LogP contribution in [-0.2, 0) is 14.3 Å². The summed E-state index contributed by atoms with van der Waals surface area (Å²) in [6.07, 6.45) is 3.19. The van der Waals surface area contributed by atoms with Crippen LogP contribution in [0.2, 0.25) is 0 Å². The van der Waals surface area contributed by atoms with E-state index < -0.39 is 17.7 Å². The molecule has 0 heterocycles. The van der Waals surface area contributed by atoms with Crippen molar-refractivity contribution in [1.82, 2.24) is 15.5 Å². The van der Waals surface area contributed by atoms with E-state index in [4.69, 9.17) is 4.74 Å². The summed E-state index contributed by atoms with van der Waals surface area (Å²) in [4.78, 5) is 40.7. The van der Waals surface area contributed by atoms with Crippen molar-refractivity contribution >= 4 is 17.9 Å². The smallest absolute Gasteiger partial charge is 0.408 e. The fourth-order valence-corrected chi connectivity index (χ4v) is 3.93. The normalized spacial score (nSPS) is 18.3. The summed E-state index contributed by atoms with van der Waals surface area (Å²) in [5, 5.41) is 5.61. The third kappa shape index (κ3) is 7.76. The molecule has 0 spiro atoms. The van der Waals surface area contributed by atoms with E-state index in [2.05, 4.69) is 24.5 Å². The molecular formula is C26H41N3O4. The van der Waals surface area contributed by atoms with Gasteiger partial charge in [-0.15, -0.1) is 0 Å². The summed E-state index contributed by atoms with van der Waals surface area (Å²) in [5.74, 6) is -0.162. The number of alkyl carbamates (subject to hydrolysis) is 1. The molecule has 1 aliphatic rings. The molecule has 3 unspecified atom stereocenters. The zero-order valence-corrected chi connectivity index (χ0v) is 21.3. The van der Waals surface area contributed by atoms with Crippen molar-refractivity contribution in [3.63, 3.8) is 0 Å². The Bertz CT molecular complexity index is 846. The molecule has 0 aliphatic heterocycles. The van der Waals surface area contributed by atoms with E-state index in [1.165, 1.54) is 0 Å². The van der Waals surface area contributed by atoms with E-state index in [-0.39, 0.29) is 24.4 Å². The van der Waals surface area contributed by atoms with E-state index in [0.717, 1.165) is 42.4 Å². The van der Waals surface area contributed by atoms with Crippen LogP contribution in [0.1, 0.15) is 83.0 Å². The van der Waals surface area contributed by atoms with E-state index in [0.29, 0.717) is 12.5 Å². The highest BCUT2D eigenvalue weighted by Gasteiger charge is 2.46. The average Bonchev–Trinajstić information content (AvgIpc) is 3.44. The number of amides is 3. The van der Waals surface area contributed by atoms with Crippen molar-refractivity contribution in [3.8, 4) is 0 Å². The first kappa shape index (κ1) is 26.7. The molecule has 33 heavy (non-hydrogen) atoms. The minimum atomic E-state index is -0.741. The fourth-order valence-electron chi connectivity index (χ4n) is 3.93. The zero-order chi connectivity index (χ0) is 24.8. The maximum atomic E-state index is 13.5. The van der Waals surface area contributed by atoms with Crippen LogP contribution >= 0.6 is 0 Å². The molecule has 1 saturated carbocycles. The first-order chi connectivity index (χ1) is 15.5. The summed E-state index contributed by atoms with van der Waals surface area (Å²) in [5.41, 5.74) is 2.24. The molecule has 2 rings (SSSR count). The molecule has 1 fully saturated rings. The number of rotatable bonds is 10. The number of hydrogen-bond acceptors (Lipinski definition) is 4. The third-order valence-corrected chi connectivity index (χ3v) is 6.04. The van der Waals surface area contributed by atoms with E-state index in [9.17, 15) is 14.4 Å². The topological polar surface area (TPSA) is 87.7 Å². The van der Waals surface area contributed by atoms with Crippen molar-refractivity contribution in [3.05, 3.63) is 34.9 Å². The molecule has 7 heteroatoms. The van der Waals surface area contributed by atoms with Gasteiger partial charge in [0.2, 0.25) is 11.8 Å². The van der Waals surface area contributed by atoms with Crippen molar-refractivity contribution in [2.24, 2.45) is 5.92 Å². The molecule has 1 aromatic carbocycles. The number of benzene rings is 1. The van der Waals surface area contributed by atoms with Gasteiger partial charge in [0.15, 0.2) is 0 Å². The van der Waals surface area contributed by atoms with Crippen LogP contribution in [0, 0.1) is 19.8 Å². The number of aryl methyl sites for hydroxylation is 1. The first-order valence-corrected chi connectivity index (χ1v) is 12.1. The van der Waals surface area contributed by atoms with Gasteiger partial charge >= 0.3 is 6.09 Å². The molecule has 0 aromatic heterocycles. The predicted octanol–water partition coefficient (Wildman–Crippen LogP) is 4.41. The molecule has 0 radical (unpaired) electrons. The van der Waals surface area contributed by atoms with Gasteiger partial charge in [-0.2, -0.15) is 0 Å². The van der Waals surface area contributed by atoms with Crippen LogP contribution in [0.15, 0.2) is 18.2 Å². The lowest BCUT2D eigenvalue weighted by molar-refractivity contribution is -0.141. The van der Waals surface area contributed by atoms with Crippen LogP contribution in [0.4, 0.5) is 4.79 Å². The Morgan fingerprint density at radius 2 is 1.82 bits per heavy atom. The second kappa shape index (κ2) is 11.5. The predicted molar refractivity (Wildman–Crippen MR) is 130 cm³/mol. The number of unbranched alkanes of at least 4 members (excludes halogenated alkanes) is 2. The van der Waals surface area contributed by atoms with Crippen LogP contribution in [0.5, 0.6) is 0 Å². The van der Waals surface area contributed by atoms with Gasteiger partial charge in [-0.05, 0) is 70.1 Å². The lowest BCUT2D eigenvalue weighted by Gasteiger charge is -2.33. The molecule has 1 aromatic rings. The van der Waals surface area contributed by atoms with Gasteiger partial charge in [-0.1, -0.05) is 44.9 Å². The molecule has 3 amide bonds. The van der Waals surface area contributed by atoms with Crippen LogP contribution < -0.4 is 10.6 Å². The maximum Gasteiger partial charge on any atom is 0.408 e. The molecule has 184 valence electrons. The summed E-state index contributed by atoms with van der Waals surface area (Å²) < 4.78 is 5.27. The molecule has 7 nitrogen and oxygen atoms in total. The summed E-state index contributed by atoms with van der Waals surface area (Å²) in [6, 6.07) is 5.07. The Hall–Kier alpha value is -2.57. The summed E-state index contributed by atoms with van der Waals surface area (Å²) >= 11 is 0. The molecular weight excluding hydrogens is 418 g/mol. The average molecular weight is 460 g/mol. The SMILES string of the molecule is CCCCCNC(=O)C(c1cccc(C)c1C)N(C(=O)CNC(=O)OC(C)(C)C)C1CC1C. The van der Waals surface area contributed by atoms with Gasteiger partial charge in [-0.25, -0.2) is 4.79 Å². The molecule has 3 atom stereocenters. The number of nitrogens with zero attached hydrogens (tertiary/aromatic N) is 1. The Morgan fingerprint density at radius 1 is 1.15 bits per heavy atom. The lowest BCUT2D eigenvalue weighted by atomic mass is 9.95.